The van der Waals surface area contributed by atoms with E-state index in [1.807, 2.05) is 0 Å². The SMILES string of the molecule is C/C=C(\Br)C(=O)Nc1ccc([N+](=O)[O-])cc1. The molecule has 84 valence electrons. The molecule has 0 saturated heterocycles. The van der Waals surface area contributed by atoms with E-state index in [0.717, 1.165) is 0 Å². The fourth-order valence-electron chi connectivity index (χ4n) is 0.988. The number of carbonyl (C=O) groups excluding carboxylic acids is 1. The van der Waals surface area contributed by atoms with E-state index in [4.69, 9.17) is 0 Å². The molecule has 0 atom stereocenters. The Morgan fingerprint density at radius 3 is 2.44 bits per heavy atom. The minimum absolute atomic E-state index is 0.0110. The van der Waals surface area contributed by atoms with Crippen molar-refractivity contribution in [2.24, 2.45) is 0 Å². The van der Waals surface area contributed by atoms with E-state index in [1.54, 1.807) is 13.0 Å². The van der Waals surface area contributed by atoms with Crippen LogP contribution in [-0.4, -0.2) is 10.8 Å². The van der Waals surface area contributed by atoms with E-state index >= 15 is 0 Å². The maximum Gasteiger partial charge on any atom is 0.269 e. The Hall–Kier alpha value is -1.69. The number of nitrogens with zero attached hydrogens (tertiary/aromatic N) is 1. The summed E-state index contributed by atoms with van der Waals surface area (Å²) in [7, 11) is 0. The van der Waals surface area contributed by atoms with Gasteiger partial charge in [0, 0.05) is 17.8 Å². The highest BCUT2D eigenvalue weighted by Gasteiger charge is 2.07. The van der Waals surface area contributed by atoms with Gasteiger partial charge < -0.3 is 5.32 Å². The molecule has 0 radical (unpaired) electrons. The van der Waals surface area contributed by atoms with Gasteiger partial charge in [0.05, 0.1) is 9.41 Å². The van der Waals surface area contributed by atoms with Crippen LogP contribution in [0.3, 0.4) is 0 Å². The Bertz CT molecular complexity index is 440. The molecule has 0 aromatic heterocycles. The van der Waals surface area contributed by atoms with Crippen LogP contribution in [0.2, 0.25) is 0 Å². The first-order valence-corrected chi connectivity index (χ1v) is 5.21. The van der Waals surface area contributed by atoms with Crippen molar-refractivity contribution in [2.45, 2.75) is 6.92 Å². The first kappa shape index (κ1) is 12.4. The number of allylic oxidation sites excluding steroid dienone is 1. The average molecular weight is 285 g/mol. The Labute approximate surface area is 100 Å². The van der Waals surface area contributed by atoms with E-state index in [9.17, 15) is 14.9 Å². The van der Waals surface area contributed by atoms with E-state index < -0.39 is 4.92 Å². The van der Waals surface area contributed by atoms with Gasteiger partial charge in [-0.25, -0.2) is 0 Å². The van der Waals surface area contributed by atoms with Crippen LogP contribution in [0, 0.1) is 10.1 Å². The lowest BCUT2D eigenvalue weighted by atomic mass is 10.3. The van der Waals surface area contributed by atoms with Crippen molar-refractivity contribution in [1.29, 1.82) is 0 Å². The normalized spacial score (nSPS) is 11.0. The van der Waals surface area contributed by atoms with Crippen molar-refractivity contribution < 1.29 is 9.72 Å². The number of hydrogen-bond donors (Lipinski definition) is 1. The van der Waals surface area contributed by atoms with Crippen LogP contribution in [0.5, 0.6) is 0 Å². The second-order valence-electron chi connectivity index (χ2n) is 2.89. The highest BCUT2D eigenvalue weighted by Crippen LogP contribution is 2.16. The van der Waals surface area contributed by atoms with Crippen LogP contribution in [0.4, 0.5) is 11.4 Å². The number of anilines is 1. The molecular weight excluding hydrogens is 276 g/mol. The summed E-state index contributed by atoms with van der Waals surface area (Å²) in [5.41, 5.74) is 0.498. The Kier molecular flexibility index (Phi) is 4.19. The maximum absolute atomic E-state index is 11.4. The number of nitro benzene ring substituents is 1. The number of non-ortho nitro benzene ring substituents is 1. The van der Waals surface area contributed by atoms with Gasteiger partial charge in [-0.3, -0.25) is 14.9 Å². The zero-order valence-corrected chi connectivity index (χ0v) is 10.0. The quantitative estimate of drug-likeness (QED) is 0.527. The van der Waals surface area contributed by atoms with Gasteiger partial charge in [-0.15, -0.1) is 0 Å². The molecule has 1 aromatic carbocycles. The lowest BCUT2D eigenvalue weighted by Crippen LogP contribution is -2.10. The van der Waals surface area contributed by atoms with Crippen molar-refractivity contribution in [1.82, 2.24) is 0 Å². The summed E-state index contributed by atoms with van der Waals surface area (Å²) in [6.07, 6.45) is 1.61. The molecule has 0 bridgehead atoms. The van der Waals surface area contributed by atoms with Crippen LogP contribution in [0.1, 0.15) is 6.92 Å². The summed E-state index contributed by atoms with van der Waals surface area (Å²) in [4.78, 5) is 21.3. The van der Waals surface area contributed by atoms with Crippen LogP contribution in [-0.2, 0) is 4.79 Å². The number of hydrogen-bond acceptors (Lipinski definition) is 3. The molecule has 0 aliphatic heterocycles. The van der Waals surface area contributed by atoms with E-state index in [2.05, 4.69) is 21.2 Å². The largest absolute Gasteiger partial charge is 0.322 e. The molecule has 0 spiro atoms. The van der Waals surface area contributed by atoms with Crippen LogP contribution in [0.15, 0.2) is 34.8 Å². The molecule has 6 heteroatoms. The first-order chi connectivity index (χ1) is 7.54. The van der Waals surface area contributed by atoms with Gasteiger partial charge in [0.15, 0.2) is 0 Å². The highest BCUT2D eigenvalue weighted by molar-refractivity contribution is 9.12. The highest BCUT2D eigenvalue weighted by atomic mass is 79.9. The molecule has 0 aliphatic rings. The summed E-state index contributed by atoms with van der Waals surface area (Å²) in [6.45, 7) is 1.72. The molecule has 0 heterocycles. The van der Waals surface area contributed by atoms with Crippen LogP contribution in [0.25, 0.3) is 0 Å². The summed E-state index contributed by atoms with van der Waals surface area (Å²) in [6, 6.07) is 5.62. The van der Waals surface area contributed by atoms with Gasteiger partial charge in [-0.1, -0.05) is 6.08 Å². The minimum Gasteiger partial charge on any atom is -0.322 e. The minimum atomic E-state index is -0.493. The van der Waals surface area contributed by atoms with Crippen molar-refractivity contribution in [3.8, 4) is 0 Å². The van der Waals surface area contributed by atoms with Crippen LogP contribution < -0.4 is 5.32 Å². The molecule has 0 saturated carbocycles. The van der Waals surface area contributed by atoms with Gasteiger partial charge in [-0.2, -0.15) is 0 Å². The van der Waals surface area contributed by atoms with Gasteiger partial charge >= 0.3 is 0 Å². The zero-order chi connectivity index (χ0) is 12.1. The molecule has 1 N–H and O–H groups in total. The Morgan fingerprint density at radius 2 is 2.00 bits per heavy atom. The third kappa shape index (κ3) is 3.16. The molecule has 1 aromatic rings. The Balaban J connectivity index is 2.76. The van der Waals surface area contributed by atoms with E-state index in [-0.39, 0.29) is 11.6 Å². The van der Waals surface area contributed by atoms with Gasteiger partial charge in [0.25, 0.3) is 11.6 Å². The van der Waals surface area contributed by atoms with Gasteiger partial charge in [-0.05, 0) is 35.0 Å². The fraction of sp³-hybridized carbons (Fsp3) is 0.100. The summed E-state index contributed by atoms with van der Waals surface area (Å²) in [5.74, 6) is -0.295. The third-order valence-electron chi connectivity index (χ3n) is 1.81. The predicted molar refractivity (Wildman–Crippen MR) is 64.4 cm³/mol. The number of rotatable bonds is 3. The van der Waals surface area contributed by atoms with Crippen molar-refractivity contribution >= 4 is 33.2 Å². The van der Waals surface area contributed by atoms with E-state index in [1.165, 1.54) is 24.3 Å². The summed E-state index contributed by atoms with van der Waals surface area (Å²) >= 11 is 3.08. The van der Waals surface area contributed by atoms with Crippen LogP contribution >= 0.6 is 15.9 Å². The lowest BCUT2D eigenvalue weighted by molar-refractivity contribution is -0.384. The first-order valence-electron chi connectivity index (χ1n) is 4.42. The number of nitro groups is 1. The average Bonchev–Trinajstić information content (AvgIpc) is 2.28. The fourth-order valence-corrected chi connectivity index (χ4v) is 1.09. The number of carbonyl (C=O) groups is 1. The lowest BCUT2D eigenvalue weighted by Gasteiger charge is -2.03. The molecule has 1 amide bonds. The molecule has 5 nitrogen and oxygen atoms in total. The predicted octanol–water partition coefficient (Wildman–Crippen LogP) is 2.83. The third-order valence-corrected chi connectivity index (χ3v) is 2.62. The zero-order valence-electron chi connectivity index (χ0n) is 8.44. The Morgan fingerprint density at radius 1 is 1.44 bits per heavy atom. The maximum atomic E-state index is 11.4. The van der Waals surface area contributed by atoms with Gasteiger partial charge in [0.2, 0.25) is 0 Å². The van der Waals surface area contributed by atoms with E-state index in [0.29, 0.717) is 10.2 Å². The number of amides is 1. The topological polar surface area (TPSA) is 72.2 Å². The number of nitrogens with one attached hydrogen (secondary N) is 1. The second-order valence-corrected chi connectivity index (χ2v) is 3.75. The van der Waals surface area contributed by atoms with Crippen molar-refractivity contribution in [3.63, 3.8) is 0 Å². The molecule has 0 fully saturated rings. The summed E-state index contributed by atoms with van der Waals surface area (Å²) in [5, 5.41) is 13.0. The molecule has 1 rings (SSSR count). The molecule has 0 aliphatic carbocycles. The van der Waals surface area contributed by atoms with Crippen molar-refractivity contribution in [2.75, 3.05) is 5.32 Å². The molecule has 0 unspecified atom stereocenters. The number of benzene rings is 1. The molecular formula is C10H9BrN2O3. The number of halogens is 1. The van der Waals surface area contributed by atoms with Crippen molar-refractivity contribution in [3.05, 3.63) is 44.9 Å². The van der Waals surface area contributed by atoms with Gasteiger partial charge in [0.1, 0.15) is 0 Å². The standard InChI is InChI=1S/C10H9BrN2O3/c1-2-9(11)10(14)12-7-3-5-8(6-4-7)13(15)16/h2-6H,1H3,(H,12,14)/b9-2-. The summed E-state index contributed by atoms with van der Waals surface area (Å²) < 4.78 is 0.408. The monoisotopic (exact) mass is 284 g/mol. The molecule has 16 heavy (non-hydrogen) atoms. The second kappa shape index (κ2) is 5.41. The smallest absolute Gasteiger partial charge is 0.269 e.